The number of aliphatic carboxylic acids is 1. The third-order valence-corrected chi connectivity index (χ3v) is 1.95. The number of amides is 1. The van der Waals surface area contributed by atoms with Crippen LogP contribution in [0.2, 0.25) is 0 Å². The summed E-state index contributed by atoms with van der Waals surface area (Å²) in [7, 11) is 0. The van der Waals surface area contributed by atoms with Gasteiger partial charge in [-0.05, 0) is 11.6 Å². The van der Waals surface area contributed by atoms with Crippen LogP contribution >= 0.6 is 0 Å². The maximum atomic E-state index is 12.0. The molecule has 0 fully saturated rings. The van der Waals surface area contributed by atoms with E-state index < -0.39 is 24.1 Å². The number of halogens is 3. The minimum Gasteiger partial charge on any atom is -0.480 e. The Morgan fingerprint density at radius 2 is 2.06 bits per heavy atom. The Labute approximate surface area is 98.8 Å². The molecule has 1 heterocycles. The first-order valence-electron chi connectivity index (χ1n) is 4.67. The van der Waals surface area contributed by atoms with E-state index in [2.05, 4.69) is 10.2 Å². The lowest BCUT2D eigenvalue weighted by atomic mass is 10.1. The van der Waals surface area contributed by atoms with Gasteiger partial charge in [0.1, 0.15) is 6.04 Å². The second-order valence-electron chi connectivity index (χ2n) is 3.32. The molecule has 1 aromatic heterocycles. The zero-order valence-corrected chi connectivity index (χ0v) is 8.81. The maximum Gasteiger partial charge on any atom is 0.471 e. The molecular formula is C9H8F3N3O3. The Hall–Kier alpha value is -2.19. The van der Waals surface area contributed by atoms with E-state index in [1.54, 1.807) is 0 Å². The lowest BCUT2D eigenvalue weighted by Crippen LogP contribution is -2.47. The molecule has 0 spiro atoms. The van der Waals surface area contributed by atoms with Gasteiger partial charge in [-0.3, -0.25) is 4.79 Å². The lowest BCUT2D eigenvalue weighted by molar-refractivity contribution is -0.175. The van der Waals surface area contributed by atoms with E-state index in [0.29, 0.717) is 5.56 Å². The molecule has 18 heavy (non-hydrogen) atoms. The highest BCUT2D eigenvalue weighted by Gasteiger charge is 2.40. The van der Waals surface area contributed by atoms with Crippen LogP contribution in [-0.4, -0.2) is 39.4 Å². The zero-order chi connectivity index (χ0) is 13.8. The van der Waals surface area contributed by atoms with Crippen molar-refractivity contribution in [2.24, 2.45) is 0 Å². The molecule has 0 bridgehead atoms. The van der Waals surface area contributed by atoms with Crippen molar-refractivity contribution in [3.8, 4) is 0 Å². The number of nitrogens with one attached hydrogen (secondary N) is 1. The fourth-order valence-corrected chi connectivity index (χ4v) is 1.11. The Kier molecular flexibility index (Phi) is 4.18. The molecule has 0 saturated carbocycles. The van der Waals surface area contributed by atoms with E-state index in [4.69, 9.17) is 5.11 Å². The highest BCUT2D eigenvalue weighted by Crippen LogP contribution is 2.15. The number of carboxylic acids is 1. The average Bonchev–Trinajstić information content (AvgIpc) is 2.28. The molecule has 1 unspecified atom stereocenters. The highest BCUT2D eigenvalue weighted by molar-refractivity contribution is 5.87. The molecule has 2 N–H and O–H groups in total. The van der Waals surface area contributed by atoms with E-state index >= 15 is 0 Å². The first kappa shape index (κ1) is 13.9. The first-order valence-corrected chi connectivity index (χ1v) is 4.67. The number of carboxylic acid groups (broad SMARTS) is 1. The monoisotopic (exact) mass is 263 g/mol. The smallest absolute Gasteiger partial charge is 0.471 e. The van der Waals surface area contributed by atoms with Gasteiger partial charge in [-0.2, -0.15) is 23.4 Å². The van der Waals surface area contributed by atoms with Crippen LogP contribution in [0.1, 0.15) is 5.56 Å². The van der Waals surface area contributed by atoms with Gasteiger partial charge in [-0.15, -0.1) is 0 Å². The van der Waals surface area contributed by atoms with Crippen molar-refractivity contribution < 1.29 is 27.9 Å². The van der Waals surface area contributed by atoms with Crippen molar-refractivity contribution >= 4 is 11.9 Å². The Bertz CT molecular complexity index is 436. The summed E-state index contributed by atoms with van der Waals surface area (Å²) in [5.74, 6) is -3.86. The number of hydrogen-bond donors (Lipinski definition) is 2. The normalized spacial score (nSPS) is 12.8. The number of hydrogen-bond acceptors (Lipinski definition) is 4. The SMILES string of the molecule is O=C(O)C(Cc1ccnnc1)NC(=O)C(F)(F)F. The largest absolute Gasteiger partial charge is 0.480 e. The molecule has 0 radical (unpaired) electrons. The first-order chi connectivity index (χ1) is 8.30. The lowest BCUT2D eigenvalue weighted by Gasteiger charge is -2.15. The van der Waals surface area contributed by atoms with Crippen LogP contribution < -0.4 is 5.32 Å². The van der Waals surface area contributed by atoms with Crippen LogP contribution in [0.4, 0.5) is 13.2 Å². The molecule has 1 aromatic rings. The number of alkyl halides is 3. The summed E-state index contributed by atoms with van der Waals surface area (Å²) >= 11 is 0. The molecule has 1 rings (SSSR count). The van der Waals surface area contributed by atoms with E-state index in [1.165, 1.54) is 23.8 Å². The molecule has 9 heteroatoms. The van der Waals surface area contributed by atoms with Gasteiger partial charge in [0.05, 0.1) is 6.20 Å². The second-order valence-corrected chi connectivity index (χ2v) is 3.32. The minimum atomic E-state index is -5.12. The molecule has 0 aliphatic rings. The minimum absolute atomic E-state index is 0.313. The van der Waals surface area contributed by atoms with Gasteiger partial charge in [0, 0.05) is 12.6 Å². The molecule has 98 valence electrons. The summed E-state index contributed by atoms with van der Waals surface area (Å²) in [5, 5.41) is 17.0. The number of carbonyl (C=O) groups excluding carboxylic acids is 1. The molecular weight excluding hydrogens is 255 g/mol. The predicted molar refractivity (Wildman–Crippen MR) is 51.4 cm³/mol. The Morgan fingerprint density at radius 3 is 2.50 bits per heavy atom. The summed E-state index contributed by atoms with van der Waals surface area (Å²) in [5.41, 5.74) is 0.347. The second kappa shape index (κ2) is 5.43. The number of carbonyl (C=O) groups is 2. The van der Waals surface area contributed by atoms with Crippen molar-refractivity contribution in [1.82, 2.24) is 15.5 Å². The molecule has 0 aliphatic carbocycles. The summed E-state index contributed by atoms with van der Waals surface area (Å²) < 4.78 is 36.0. The van der Waals surface area contributed by atoms with Crippen LogP contribution in [0.15, 0.2) is 18.5 Å². The average molecular weight is 263 g/mol. The van der Waals surface area contributed by atoms with Crippen LogP contribution in [0.5, 0.6) is 0 Å². The standard InChI is InChI=1S/C9H8F3N3O3/c10-9(11,12)8(18)15-6(7(16)17)3-5-1-2-13-14-4-5/h1-2,4,6H,3H2,(H,15,18)(H,16,17). The van der Waals surface area contributed by atoms with Gasteiger partial charge >= 0.3 is 18.1 Å². The zero-order valence-electron chi connectivity index (χ0n) is 8.81. The number of rotatable bonds is 4. The van der Waals surface area contributed by atoms with E-state index in [0.717, 1.165) is 0 Å². The predicted octanol–water partition coefficient (Wildman–Crippen LogP) is 0.151. The van der Waals surface area contributed by atoms with Crippen molar-refractivity contribution in [3.63, 3.8) is 0 Å². The van der Waals surface area contributed by atoms with E-state index in [9.17, 15) is 22.8 Å². The number of nitrogens with zero attached hydrogens (tertiary/aromatic N) is 2. The highest BCUT2D eigenvalue weighted by atomic mass is 19.4. The molecule has 0 saturated heterocycles. The van der Waals surface area contributed by atoms with Crippen LogP contribution in [-0.2, 0) is 16.0 Å². The van der Waals surface area contributed by atoms with Crippen LogP contribution in [0, 0.1) is 0 Å². The van der Waals surface area contributed by atoms with Crippen molar-refractivity contribution in [1.29, 1.82) is 0 Å². The fraction of sp³-hybridized carbons (Fsp3) is 0.333. The molecule has 6 nitrogen and oxygen atoms in total. The number of aromatic nitrogens is 2. The third kappa shape index (κ3) is 4.00. The summed E-state index contributed by atoms with van der Waals surface area (Å²) in [6.07, 6.45) is -2.97. The Morgan fingerprint density at radius 1 is 1.39 bits per heavy atom. The van der Waals surface area contributed by atoms with Gasteiger partial charge in [0.2, 0.25) is 0 Å². The van der Waals surface area contributed by atoms with Crippen molar-refractivity contribution in [2.75, 3.05) is 0 Å². The summed E-state index contributed by atoms with van der Waals surface area (Å²) in [6, 6.07) is -0.286. The fourth-order valence-electron chi connectivity index (χ4n) is 1.11. The Balaban J connectivity index is 2.73. The summed E-state index contributed by atoms with van der Waals surface area (Å²) in [4.78, 5) is 21.4. The van der Waals surface area contributed by atoms with Gasteiger partial charge < -0.3 is 10.4 Å². The van der Waals surface area contributed by atoms with Crippen molar-refractivity contribution in [3.05, 3.63) is 24.0 Å². The molecule has 0 aromatic carbocycles. The van der Waals surface area contributed by atoms with Gasteiger partial charge in [-0.25, -0.2) is 4.79 Å². The van der Waals surface area contributed by atoms with Gasteiger partial charge in [-0.1, -0.05) is 0 Å². The molecule has 1 amide bonds. The van der Waals surface area contributed by atoms with Crippen molar-refractivity contribution in [2.45, 2.75) is 18.6 Å². The van der Waals surface area contributed by atoms with E-state index in [-0.39, 0.29) is 6.42 Å². The topological polar surface area (TPSA) is 92.2 Å². The molecule has 0 aliphatic heterocycles. The molecule has 1 atom stereocenters. The maximum absolute atomic E-state index is 12.0. The summed E-state index contributed by atoms with van der Waals surface area (Å²) in [6.45, 7) is 0. The van der Waals surface area contributed by atoms with Crippen LogP contribution in [0.3, 0.4) is 0 Å². The van der Waals surface area contributed by atoms with Gasteiger partial charge in [0.15, 0.2) is 0 Å². The van der Waals surface area contributed by atoms with Gasteiger partial charge in [0.25, 0.3) is 0 Å². The van der Waals surface area contributed by atoms with E-state index in [1.807, 2.05) is 0 Å². The quantitative estimate of drug-likeness (QED) is 0.806. The third-order valence-electron chi connectivity index (χ3n) is 1.95. The van der Waals surface area contributed by atoms with Crippen LogP contribution in [0.25, 0.3) is 0 Å².